The molecule has 1 aromatic rings. The Morgan fingerprint density at radius 3 is 2.88 bits per heavy atom. The van der Waals surface area contributed by atoms with Gasteiger partial charge in [0.1, 0.15) is 6.26 Å². The summed E-state index contributed by atoms with van der Waals surface area (Å²) >= 11 is 0. The van der Waals surface area contributed by atoms with Crippen molar-refractivity contribution in [1.29, 1.82) is 0 Å². The molecule has 0 spiro atoms. The number of carboxylic acid groups (broad SMARTS) is 1. The molecule has 0 aliphatic carbocycles. The van der Waals surface area contributed by atoms with Gasteiger partial charge in [-0.1, -0.05) is 0 Å². The van der Waals surface area contributed by atoms with Crippen LogP contribution in [0.4, 0.5) is 0 Å². The van der Waals surface area contributed by atoms with Gasteiger partial charge in [0.2, 0.25) is 0 Å². The van der Waals surface area contributed by atoms with Crippen molar-refractivity contribution in [3.63, 3.8) is 0 Å². The molecule has 1 saturated heterocycles. The highest BCUT2D eigenvalue weighted by Gasteiger charge is 2.20. The number of carboxylic acids is 1. The molecule has 1 amide bonds. The van der Waals surface area contributed by atoms with E-state index in [1.165, 1.54) is 6.07 Å². The molecule has 1 aliphatic heterocycles. The molecule has 2 rings (SSSR count). The van der Waals surface area contributed by atoms with Crippen LogP contribution in [0, 0.1) is 0 Å². The van der Waals surface area contributed by atoms with Gasteiger partial charge in [-0.15, -0.1) is 0 Å². The van der Waals surface area contributed by atoms with E-state index in [-0.39, 0.29) is 17.4 Å². The van der Waals surface area contributed by atoms with Crippen molar-refractivity contribution in [3.05, 3.63) is 23.7 Å². The molecule has 92 valence electrons. The third-order valence-corrected chi connectivity index (χ3v) is 2.57. The largest absolute Gasteiger partial charge is 0.478 e. The number of aromatic carboxylic acids is 1. The smallest absolute Gasteiger partial charge is 0.338 e. The first-order valence-corrected chi connectivity index (χ1v) is 5.37. The maximum atomic E-state index is 11.7. The summed E-state index contributed by atoms with van der Waals surface area (Å²) in [7, 11) is 0. The second kappa shape index (κ2) is 5.01. The van der Waals surface area contributed by atoms with Gasteiger partial charge in [-0.05, 0) is 12.8 Å². The van der Waals surface area contributed by atoms with Crippen molar-refractivity contribution < 1.29 is 23.8 Å². The van der Waals surface area contributed by atoms with E-state index in [0.29, 0.717) is 6.61 Å². The summed E-state index contributed by atoms with van der Waals surface area (Å²) in [6.07, 6.45) is 2.82. The number of ether oxygens (including phenoxy) is 1. The van der Waals surface area contributed by atoms with Crippen LogP contribution in [0.5, 0.6) is 0 Å². The lowest BCUT2D eigenvalue weighted by molar-refractivity contribution is 0.0612. The first-order chi connectivity index (χ1) is 8.16. The minimum atomic E-state index is -1.12. The Morgan fingerprint density at radius 1 is 1.47 bits per heavy atom. The molecule has 6 nitrogen and oxygen atoms in total. The molecule has 2 heterocycles. The Bertz CT molecular complexity index is 419. The fourth-order valence-corrected chi connectivity index (χ4v) is 1.68. The standard InChI is InChI=1S/C11H13NO5/c13-10(12-8-2-1-3-16-6-8)9-4-7(5-17-9)11(14)15/h4-5,8H,1-3,6H2,(H,12,13)(H,14,15). The van der Waals surface area contributed by atoms with Crippen LogP contribution in [-0.2, 0) is 4.74 Å². The van der Waals surface area contributed by atoms with Crippen LogP contribution in [0.15, 0.2) is 16.7 Å². The molecule has 2 N–H and O–H groups in total. The molecule has 17 heavy (non-hydrogen) atoms. The molecule has 1 aliphatic rings. The molecule has 0 radical (unpaired) electrons. The predicted octanol–water partition coefficient (Wildman–Crippen LogP) is 0.887. The Balaban J connectivity index is 1.96. The van der Waals surface area contributed by atoms with Crippen molar-refractivity contribution in [2.45, 2.75) is 18.9 Å². The van der Waals surface area contributed by atoms with Gasteiger partial charge in [-0.3, -0.25) is 4.79 Å². The lowest BCUT2D eigenvalue weighted by Gasteiger charge is -2.22. The van der Waals surface area contributed by atoms with Gasteiger partial charge in [-0.2, -0.15) is 0 Å². The molecule has 1 atom stereocenters. The van der Waals surface area contributed by atoms with Gasteiger partial charge in [0.05, 0.1) is 18.2 Å². The summed E-state index contributed by atoms with van der Waals surface area (Å²) in [6.45, 7) is 1.20. The summed E-state index contributed by atoms with van der Waals surface area (Å²) in [4.78, 5) is 22.3. The van der Waals surface area contributed by atoms with E-state index >= 15 is 0 Å². The minimum absolute atomic E-state index is 0.00738. The quantitative estimate of drug-likeness (QED) is 0.817. The molecular weight excluding hydrogens is 226 g/mol. The van der Waals surface area contributed by atoms with Gasteiger partial charge < -0.3 is 19.6 Å². The number of hydrogen-bond donors (Lipinski definition) is 2. The lowest BCUT2D eigenvalue weighted by atomic mass is 10.1. The number of hydrogen-bond acceptors (Lipinski definition) is 4. The molecule has 0 saturated carbocycles. The van der Waals surface area contributed by atoms with E-state index in [2.05, 4.69) is 5.32 Å². The zero-order valence-electron chi connectivity index (χ0n) is 9.14. The average Bonchev–Trinajstić information content (AvgIpc) is 2.79. The highest BCUT2D eigenvalue weighted by atomic mass is 16.5. The van der Waals surface area contributed by atoms with Crippen molar-refractivity contribution in [2.75, 3.05) is 13.2 Å². The zero-order valence-corrected chi connectivity index (χ0v) is 9.14. The monoisotopic (exact) mass is 239 g/mol. The van der Waals surface area contributed by atoms with Crippen molar-refractivity contribution in [2.24, 2.45) is 0 Å². The number of furan rings is 1. The number of carbonyl (C=O) groups excluding carboxylic acids is 1. The molecule has 0 aromatic carbocycles. The topological polar surface area (TPSA) is 88.8 Å². The number of nitrogens with one attached hydrogen (secondary N) is 1. The van der Waals surface area contributed by atoms with Crippen LogP contribution < -0.4 is 5.32 Å². The number of rotatable bonds is 3. The van der Waals surface area contributed by atoms with Crippen LogP contribution in [-0.4, -0.2) is 36.2 Å². The van der Waals surface area contributed by atoms with E-state index < -0.39 is 11.9 Å². The van der Waals surface area contributed by atoms with Gasteiger partial charge in [0.25, 0.3) is 5.91 Å². The predicted molar refractivity (Wildman–Crippen MR) is 57.0 cm³/mol. The van der Waals surface area contributed by atoms with Crippen LogP contribution in [0.25, 0.3) is 0 Å². The summed E-state index contributed by atoms with van der Waals surface area (Å²) in [5, 5.41) is 11.4. The Hall–Kier alpha value is -1.82. The fraction of sp³-hybridized carbons (Fsp3) is 0.455. The van der Waals surface area contributed by atoms with Gasteiger partial charge in [0.15, 0.2) is 5.76 Å². The van der Waals surface area contributed by atoms with Crippen LogP contribution in [0.3, 0.4) is 0 Å². The Kier molecular flexibility index (Phi) is 3.43. The lowest BCUT2D eigenvalue weighted by Crippen LogP contribution is -2.40. The highest BCUT2D eigenvalue weighted by Crippen LogP contribution is 2.10. The third kappa shape index (κ3) is 2.85. The summed E-state index contributed by atoms with van der Waals surface area (Å²) in [5.41, 5.74) is -0.0324. The van der Waals surface area contributed by atoms with E-state index in [4.69, 9.17) is 14.3 Å². The second-order valence-electron chi connectivity index (χ2n) is 3.89. The van der Waals surface area contributed by atoms with Crippen molar-refractivity contribution >= 4 is 11.9 Å². The molecule has 1 fully saturated rings. The minimum Gasteiger partial charge on any atom is -0.478 e. The SMILES string of the molecule is O=C(O)c1coc(C(=O)NC2CCCOC2)c1. The molecule has 1 unspecified atom stereocenters. The maximum absolute atomic E-state index is 11.7. The molecular formula is C11H13NO5. The summed E-state index contributed by atoms with van der Waals surface area (Å²) < 4.78 is 10.1. The summed E-state index contributed by atoms with van der Waals surface area (Å²) in [5.74, 6) is -1.52. The van der Waals surface area contributed by atoms with E-state index in [1.807, 2.05) is 0 Å². The fourth-order valence-electron chi connectivity index (χ4n) is 1.68. The maximum Gasteiger partial charge on any atom is 0.338 e. The Morgan fingerprint density at radius 2 is 2.29 bits per heavy atom. The van der Waals surface area contributed by atoms with Crippen LogP contribution in [0.2, 0.25) is 0 Å². The van der Waals surface area contributed by atoms with E-state index in [9.17, 15) is 9.59 Å². The molecule has 1 aromatic heterocycles. The molecule has 6 heteroatoms. The first kappa shape index (κ1) is 11.7. The number of carbonyl (C=O) groups is 2. The normalized spacial score (nSPS) is 19.9. The Labute approximate surface area is 97.6 Å². The summed E-state index contributed by atoms with van der Waals surface area (Å²) in [6, 6.07) is 1.18. The van der Waals surface area contributed by atoms with Crippen molar-refractivity contribution in [1.82, 2.24) is 5.32 Å². The van der Waals surface area contributed by atoms with Gasteiger partial charge >= 0.3 is 5.97 Å². The van der Waals surface area contributed by atoms with Crippen molar-refractivity contribution in [3.8, 4) is 0 Å². The van der Waals surface area contributed by atoms with Crippen LogP contribution in [0.1, 0.15) is 33.8 Å². The van der Waals surface area contributed by atoms with E-state index in [1.54, 1.807) is 0 Å². The van der Waals surface area contributed by atoms with Crippen LogP contribution >= 0.6 is 0 Å². The van der Waals surface area contributed by atoms with E-state index in [0.717, 1.165) is 25.7 Å². The molecule has 0 bridgehead atoms. The number of amides is 1. The highest BCUT2D eigenvalue weighted by molar-refractivity contribution is 5.95. The third-order valence-electron chi connectivity index (χ3n) is 2.57. The van der Waals surface area contributed by atoms with Gasteiger partial charge in [-0.25, -0.2) is 4.79 Å². The average molecular weight is 239 g/mol. The second-order valence-corrected chi connectivity index (χ2v) is 3.89. The van der Waals surface area contributed by atoms with Gasteiger partial charge in [0, 0.05) is 12.7 Å². The first-order valence-electron chi connectivity index (χ1n) is 5.37. The zero-order chi connectivity index (χ0) is 12.3.